The van der Waals surface area contributed by atoms with Crippen molar-refractivity contribution in [2.45, 2.75) is 50.5 Å². The van der Waals surface area contributed by atoms with Gasteiger partial charge < -0.3 is 0 Å². The van der Waals surface area contributed by atoms with Crippen LogP contribution in [0.2, 0.25) is 0 Å². The lowest BCUT2D eigenvalue weighted by atomic mass is 10.2. The van der Waals surface area contributed by atoms with E-state index in [4.69, 9.17) is 5.26 Å². The first kappa shape index (κ1) is 15.9. The minimum Gasteiger partial charge on any atom is -0.244 e. The maximum atomic E-state index is 12.9. The van der Waals surface area contributed by atoms with E-state index in [0.717, 1.165) is 25.7 Å². The van der Waals surface area contributed by atoms with Gasteiger partial charge in [0.15, 0.2) is 0 Å². The molecule has 21 heavy (non-hydrogen) atoms. The maximum absolute atomic E-state index is 12.9. The Balaban J connectivity index is 2.33. The molecule has 0 amide bonds. The molecule has 0 bridgehead atoms. The molecule has 0 spiro atoms. The summed E-state index contributed by atoms with van der Waals surface area (Å²) in [6.45, 7) is 4.57. The van der Waals surface area contributed by atoms with E-state index in [1.54, 1.807) is 4.31 Å². The summed E-state index contributed by atoms with van der Waals surface area (Å²) in [7, 11) is -3.54. The Morgan fingerprint density at radius 3 is 2.52 bits per heavy atom. The topological polar surface area (TPSA) is 74.1 Å². The van der Waals surface area contributed by atoms with Crippen molar-refractivity contribution < 1.29 is 8.42 Å². The van der Waals surface area contributed by atoms with Crippen molar-refractivity contribution in [3.63, 3.8) is 0 Å². The highest BCUT2D eigenvalue weighted by molar-refractivity contribution is 7.89. The third-order valence-corrected chi connectivity index (χ3v) is 5.64. The minimum absolute atomic E-state index is 0.0908. The number of nitrogens with zero attached hydrogens (tertiary/aromatic N) is 3. The third kappa shape index (κ3) is 3.60. The Bertz CT molecular complexity index is 611. The molecule has 0 atom stereocenters. The Kier molecular flexibility index (Phi) is 4.96. The molecule has 0 radical (unpaired) electrons. The Labute approximate surface area is 126 Å². The van der Waals surface area contributed by atoms with E-state index in [0.29, 0.717) is 6.54 Å². The van der Waals surface area contributed by atoms with Crippen molar-refractivity contribution in [2.24, 2.45) is 5.92 Å². The van der Waals surface area contributed by atoms with Gasteiger partial charge in [-0.15, -0.1) is 0 Å². The van der Waals surface area contributed by atoms with E-state index < -0.39 is 10.0 Å². The van der Waals surface area contributed by atoms with Gasteiger partial charge in [-0.05, 0) is 30.9 Å². The largest absolute Gasteiger partial charge is 0.244 e. The van der Waals surface area contributed by atoms with Crippen molar-refractivity contribution in [1.29, 1.82) is 5.26 Å². The van der Waals surface area contributed by atoms with Crippen LogP contribution in [0.25, 0.3) is 0 Å². The van der Waals surface area contributed by atoms with Crippen LogP contribution in [0.1, 0.15) is 45.2 Å². The molecule has 1 saturated carbocycles. The fourth-order valence-electron chi connectivity index (χ4n) is 2.73. The standard InChI is InChI=1S/C15H21N3O2S/c1-12(2)11-18(14-5-3-4-6-14)21(19,20)15-8-7-13(9-16)17-10-15/h7-8,10,12,14H,3-6,11H2,1-2H3. The van der Waals surface area contributed by atoms with Crippen LogP contribution >= 0.6 is 0 Å². The van der Waals surface area contributed by atoms with Gasteiger partial charge in [0.2, 0.25) is 10.0 Å². The van der Waals surface area contributed by atoms with E-state index >= 15 is 0 Å². The third-order valence-electron chi connectivity index (χ3n) is 3.73. The summed E-state index contributed by atoms with van der Waals surface area (Å²) >= 11 is 0. The fourth-order valence-corrected chi connectivity index (χ4v) is 4.52. The predicted molar refractivity (Wildman–Crippen MR) is 79.9 cm³/mol. The number of sulfonamides is 1. The van der Waals surface area contributed by atoms with Crippen LogP contribution in [-0.2, 0) is 10.0 Å². The molecule has 0 saturated heterocycles. The van der Waals surface area contributed by atoms with Crippen molar-refractivity contribution in [3.8, 4) is 6.07 Å². The molecule has 2 rings (SSSR count). The number of nitriles is 1. The molecule has 0 aromatic carbocycles. The van der Waals surface area contributed by atoms with Crippen LogP contribution in [0.4, 0.5) is 0 Å². The van der Waals surface area contributed by atoms with Crippen LogP contribution in [-0.4, -0.2) is 30.3 Å². The quantitative estimate of drug-likeness (QED) is 0.838. The second kappa shape index (κ2) is 6.54. The zero-order valence-corrected chi connectivity index (χ0v) is 13.3. The second-order valence-electron chi connectivity index (χ2n) is 5.90. The molecule has 0 aliphatic heterocycles. The van der Waals surface area contributed by atoms with Gasteiger partial charge in [-0.1, -0.05) is 26.7 Å². The molecular weight excluding hydrogens is 286 g/mol. The van der Waals surface area contributed by atoms with Crippen LogP contribution in [0.5, 0.6) is 0 Å². The zero-order valence-electron chi connectivity index (χ0n) is 12.5. The molecule has 6 heteroatoms. The van der Waals surface area contributed by atoms with Crippen molar-refractivity contribution in [2.75, 3.05) is 6.54 Å². The van der Waals surface area contributed by atoms with Gasteiger partial charge in [0.25, 0.3) is 0 Å². The van der Waals surface area contributed by atoms with Gasteiger partial charge in [-0.2, -0.15) is 9.57 Å². The molecule has 1 heterocycles. The van der Waals surface area contributed by atoms with Crippen LogP contribution < -0.4 is 0 Å². The first-order valence-corrected chi connectivity index (χ1v) is 8.77. The molecule has 0 N–H and O–H groups in total. The molecule has 114 valence electrons. The van der Waals surface area contributed by atoms with Crippen molar-refractivity contribution >= 4 is 10.0 Å². The highest BCUT2D eigenvalue weighted by Crippen LogP contribution is 2.29. The molecule has 1 aliphatic rings. The van der Waals surface area contributed by atoms with Gasteiger partial charge in [0.1, 0.15) is 16.7 Å². The summed E-state index contributed by atoms with van der Waals surface area (Å²) in [5, 5.41) is 8.76. The summed E-state index contributed by atoms with van der Waals surface area (Å²) in [6.07, 6.45) is 5.31. The first-order chi connectivity index (χ1) is 9.95. The molecule has 1 aliphatic carbocycles. The highest BCUT2D eigenvalue weighted by Gasteiger charge is 2.33. The highest BCUT2D eigenvalue weighted by atomic mass is 32.2. The minimum atomic E-state index is -3.54. The monoisotopic (exact) mass is 307 g/mol. The Morgan fingerprint density at radius 1 is 1.38 bits per heavy atom. The lowest BCUT2D eigenvalue weighted by Crippen LogP contribution is -2.41. The zero-order chi connectivity index (χ0) is 15.5. The van der Waals surface area contributed by atoms with E-state index in [2.05, 4.69) is 4.98 Å². The normalized spacial score (nSPS) is 16.5. The van der Waals surface area contributed by atoms with E-state index in [1.807, 2.05) is 19.9 Å². The smallest absolute Gasteiger partial charge is 0.244 e. The summed E-state index contributed by atoms with van der Waals surface area (Å²) in [4.78, 5) is 4.06. The molecule has 0 unspecified atom stereocenters. The Morgan fingerprint density at radius 2 is 2.05 bits per heavy atom. The number of hydrogen-bond acceptors (Lipinski definition) is 4. The molecule has 1 fully saturated rings. The number of hydrogen-bond donors (Lipinski definition) is 0. The van der Waals surface area contributed by atoms with Gasteiger partial charge in [-0.3, -0.25) is 0 Å². The average Bonchev–Trinajstić information content (AvgIpc) is 2.98. The molecule has 1 aromatic heterocycles. The van der Waals surface area contributed by atoms with E-state index in [9.17, 15) is 8.42 Å². The van der Waals surface area contributed by atoms with Crippen LogP contribution in [0.3, 0.4) is 0 Å². The van der Waals surface area contributed by atoms with Gasteiger partial charge in [-0.25, -0.2) is 13.4 Å². The van der Waals surface area contributed by atoms with Crippen molar-refractivity contribution in [3.05, 3.63) is 24.0 Å². The number of rotatable bonds is 5. The summed E-state index contributed by atoms with van der Waals surface area (Å²) < 4.78 is 27.3. The van der Waals surface area contributed by atoms with E-state index in [-0.39, 0.29) is 22.5 Å². The van der Waals surface area contributed by atoms with Gasteiger partial charge in [0, 0.05) is 18.8 Å². The van der Waals surface area contributed by atoms with Gasteiger partial charge >= 0.3 is 0 Å². The lowest BCUT2D eigenvalue weighted by molar-refractivity contribution is 0.292. The summed E-state index contributed by atoms with van der Waals surface area (Å²) in [5.41, 5.74) is 0.227. The SMILES string of the molecule is CC(C)CN(C1CCCC1)S(=O)(=O)c1ccc(C#N)nc1. The number of pyridine rings is 1. The van der Waals surface area contributed by atoms with Crippen molar-refractivity contribution in [1.82, 2.24) is 9.29 Å². The first-order valence-electron chi connectivity index (χ1n) is 7.33. The molecule has 5 nitrogen and oxygen atoms in total. The van der Waals surface area contributed by atoms with Crippen LogP contribution in [0.15, 0.2) is 23.2 Å². The molecule has 1 aromatic rings. The van der Waals surface area contributed by atoms with E-state index in [1.165, 1.54) is 18.3 Å². The lowest BCUT2D eigenvalue weighted by Gasteiger charge is -2.29. The van der Waals surface area contributed by atoms with Gasteiger partial charge in [0.05, 0.1) is 0 Å². The predicted octanol–water partition coefficient (Wildman–Crippen LogP) is 2.54. The van der Waals surface area contributed by atoms with Crippen LogP contribution in [0, 0.1) is 17.2 Å². The number of aromatic nitrogens is 1. The Hall–Kier alpha value is -1.45. The fraction of sp³-hybridized carbons (Fsp3) is 0.600. The second-order valence-corrected chi connectivity index (χ2v) is 7.79. The molecular formula is C15H21N3O2S. The summed E-state index contributed by atoms with van der Waals surface area (Å²) in [6, 6.07) is 4.92. The average molecular weight is 307 g/mol. The maximum Gasteiger partial charge on any atom is 0.244 e. The summed E-state index contributed by atoms with van der Waals surface area (Å²) in [5.74, 6) is 0.270.